The molecule has 1 aliphatic rings. The molecule has 0 spiro atoms. The van der Waals surface area contributed by atoms with E-state index >= 15 is 0 Å². The lowest BCUT2D eigenvalue weighted by Crippen LogP contribution is -2.26. The predicted octanol–water partition coefficient (Wildman–Crippen LogP) is 4.43. The summed E-state index contributed by atoms with van der Waals surface area (Å²) in [6.45, 7) is 2.96. The topological polar surface area (TPSA) is 59.4 Å². The average Bonchev–Trinajstić information content (AvgIpc) is 2.84. The molecular weight excluding hydrogens is 391 g/mol. The smallest absolute Gasteiger partial charge is 0.252 e. The van der Waals surface area contributed by atoms with Gasteiger partial charge in [-0.1, -0.05) is 19.1 Å². The standard InChI is InChI=1S/C17H13F5N2O2S/c1-3-27(25,26)13-6-9(2)4-5-11(13)14-16(18,19)15-12(24-14)7-10(8-23-15)17(20,21)22/h4-8H,3H2,1-2H3. The normalized spacial score (nSPS) is 16.2. The van der Waals surface area contributed by atoms with Crippen molar-refractivity contribution in [3.8, 4) is 0 Å². The molecule has 0 N–H and O–H groups in total. The van der Waals surface area contributed by atoms with Crippen molar-refractivity contribution in [2.45, 2.75) is 30.8 Å². The van der Waals surface area contributed by atoms with Gasteiger partial charge in [0.1, 0.15) is 11.4 Å². The van der Waals surface area contributed by atoms with Gasteiger partial charge in [0.05, 0.1) is 21.9 Å². The summed E-state index contributed by atoms with van der Waals surface area (Å²) in [6.07, 6.45) is -4.46. The molecule has 0 fully saturated rings. The number of sulfone groups is 1. The van der Waals surface area contributed by atoms with Gasteiger partial charge in [-0.3, -0.25) is 4.98 Å². The molecule has 1 aromatic carbocycles. The van der Waals surface area contributed by atoms with Crippen LogP contribution in [0.2, 0.25) is 0 Å². The van der Waals surface area contributed by atoms with Gasteiger partial charge in [-0.25, -0.2) is 13.4 Å². The van der Waals surface area contributed by atoms with E-state index in [-0.39, 0.29) is 16.2 Å². The van der Waals surface area contributed by atoms with Crippen molar-refractivity contribution in [2.24, 2.45) is 4.99 Å². The number of nitrogens with zero attached hydrogens (tertiary/aromatic N) is 2. The van der Waals surface area contributed by atoms with Crippen LogP contribution in [0.4, 0.5) is 27.6 Å². The Hall–Kier alpha value is -2.36. The van der Waals surface area contributed by atoms with Crippen LogP contribution in [0.3, 0.4) is 0 Å². The van der Waals surface area contributed by atoms with E-state index in [1.54, 1.807) is 6.92 Å². The zero-order valence-electron chi connectivity index (χ0n) is 14.1. The summed E-state index contributed by atoms with van der Waals surface area (Å²) in [4.78, 5) is 6.54. The fourth-order valence-electron chi connectivity index (χ4n) is 2.71. The molecule has 0 saturated heterocycles. The van der Waals surface area contributed by atoms with Crippen molar-refractivity contribution in [3.63, 3.8) is 0 Å². The number of hydrogen-bond donors (Lipinski definition) is 0. The molecule has 0 amide bonds. The van der Waals surface area contributed by atoms with Crippen molar-refractivity contribution in [1.29, 1.82) is 0 Å². The Kier molecular flexibility index (Phi) is 4.37. The number of aromatic nitrogens is 1. The molecule has 27 heavy (non-hydrogen) atoms. The van der Waals surface area contributed by atoms with Crippen LogP contribution in [-0.2, 0) is 21.9 Å². The van der Waals surface area contributed by atoms with E-state index in [2.05, 4.69) is 9.98 Å². The van der Waals surface area contributed by atoms with Crippen LogP contribution in [-0.4, -0.2) is 24.9 Å². The first-order chi connectivity index (χ1) is 12.4. The Morgan fingerprint density at radius 3 is 2.41 bits per heavy atom. The summed E-state index contributed by atoms with van der Waals surface area (Å²) >= 11 is 0. The highest BCUT2D eigenvalue weighted by molar-refractivity contribution is 7.91. The largest absolute Gasteiger partial charge is 0.417 e. The van der Waals surface area contributed by atoms with Crippen molar-refractivity contribution in [2.75, 3.05) is 5.75 Å². The minimum atomic E-state index is -4.77. The third kappa shape index (κ3) is 3.22. The fourth-order valence-corrected chi connectivity index (χ4v) is 3.88. The van der Waals surface area contributed by atoms with Crippen molar-refractivity contribution in [3.05, 3.63) is 52.8 Å². The molecule has 0 saturated carbocycles. The molecule has 3 rings (SSSR count). The number of aryl methyl sites for hydroxylation is 1. The van der Waals surface area contributed by atoms with Crippen LogP contribution < -0.4 is 0 Å². The summed E-state index contributed by atoms with van der Waals surface area (Å²) in [5.74, 6) is -4.15. The van der Waals surface area contributed by atoms with Crippen LogP contribution in [0, 0.1) is 6.92 Å². The highest BCUT2D eigenvalue weighted by Crippen LogP contribution is 2.46. The second-order valence-corrected chi connectivity index (χ2v) is 8.27. The SMILES string of the molecule is CCS(=O)(=O)c1cc(C)ccc1C1=Nc2cc(C(F)(F)F)cnc2C1(F)F. The van der Waals surface area contributed by atoms with E-state index in [9.17, 15) is 30.4 Å². The number of aliphatic imine (C=N–C) groups is 1. The van der Waals surface area contributed by atoms with Gasteiger partial charge in [-0.05, 0) is 24.6 Å². The van der Waals surface area contributed by atoms with Gasteiger partial charge in [0.15, 0.2) is 9.84 Å². The van der Waals surface area contributed by atoms with Gasteiger partial charge in [-0.15, -0.1) is 0 Å². The minimum absolute atomic E-state index is 0.310. The molecule has 144 valence electrons. The lowest BCUT2D eigenvalue weighted by atomic mass is 10.0. The molecule has 0 aliphatic carbocycles. The van der Waals surface area contributed by atoms with E-state index in [0.29, 0.717) is 17.8 Å². The first-order valence-corrected chi connectivity index (χ1v) is 9.41. The lowest BCUT2D eigenvalue weighted by molar-refractivity contribution is -0.137. The molecule has 4 nitrogen and oxygen atoms in total. The number of rotatable bonds is 3. The predicted molar refractivity (Wildman–Crippen MR) is 88.2 cm³/mol. The van der Waals surface area contributed by atoms with E-state index in [1.165, 1.54) is 25.1 Å². The number of pyridine rings is 1. The van der Waals surface area contributed by atoms with E-state index in [0.717, 1.165) is 0 Å². The Morgan fingerprint density at radius 2 is 1.81 bits per heavy atom. The number of halogens is 5. The fraction of sp³-hybridized carbons (Fsp3) is 0.294. The molecule has 0 atom stereocenters. The third-order valence-electron chi connectivity index (χ3n) is 4.13. The van der Waals surface area contributed by atoms with Crippen molar-refractivity contribution in [1.82, 2.24) is 4.98 Å². The second kappa shape index (κ2) is 6.08. The molecular formula is C17H13F5N2O2S. The van der Waals surface area contributed by atoms with Crippen LogP contribution in [0.1, 0.15) is 29.3 Å². The van der Waals surface area contributed by atoms with Crippen molar-refractivity contribution >= 4 is 21.2 Å². The molecule has 0 unspecified atom stereocenters. The van der Waals surface area contributed by atoms with Gasteiger partial charge in [0.25, 0.3) is 0 Å². The molecule has 0 bridgehead atoms. The molecule has 2 aromatic rings. The quantitative estimate of drug-likeness (QED) is 0.712. The van der Waals surface area contributed by atoms with Crippen LogP contribution in [0.15, 0.2) is 40.4 Å². The molecule has 2 heterocycles. The first-order valence-electron chi connectivity index (χ1n) is 7.76. The summed E-state index contributed by atoms with van der Waals surface area (Å²) in [7, 11) is -3.87. The Balaban J connectivity index is 2.24. The van der Waals surface area contributed by atoms with Crippen LogP contribution >= 0.6 is 0 Å². The summed E-state index contributed by atoms with van der Waals surface area (Å²) in [5.41, 5.74) is -3.54. The number of alkyl halides is 5. The maximum atomic E-state index is 14.8. The van der Waals surface area contributed by atoms with Gasteiger partial charge in [0.2, 0.25) is 0 Å². The highest BCUT2D eigenvalue weighted by atomic mass is 32.2. The van der Waals surface area contributed by atoms with E-state index < -0.39 is 44.6 Å². The average molecular weight is 404 g/mol. The highest BCUT2D eigenvalue weighted by Gasteiger charge is 2.49. The first kappa shape index (κ1) is 19.4. The number of hydrogen-bond acceptors (Lipinski definition) is 4. The maximum absolute atomic E-state index is 14.8. The Labute approximate surface area is 151 Å². The monoisotopic (exact) mass is 404 g/mol. The lowest BCUT2D eigenvalue weighted by Gasteiger charge is -2.16. The van der Waals surface area contributed by atoms with Crippen LogP contribution in [0.5, 0.6) is 0 Å². The maximum Gasteiger partial charge on any atom is 0.417 e. The summed E-state index contributed by atoms with van der Waals surface area (Å²) in [6, 6.07) is 4.33. The summed E-state index contributed by atoms with van der Waals surface area (Å²) in [5, 5.41) is 0. The van der Waals surface area contributed by atoms with Gasteiger partial charge < -0.3 is 0 Å². The third-order valence-corrected chi connectivity index (χ3v) is 5.90. The molecule has 10 heteroatoms. The van der Waals surface area contributed by atoms with E-state index in [1.807, 2.05) is 0 Å². The molecule has 1 aromatic heterocycles. The van der Waals surface area contributed by atoms with Gasteiger partial charge in [0, 0.05) is 11.8 Å². The Morgan fingerprint density at radius 1 is 1.15 bits per heavy atom. The summed E-state index contributed by atoms with van der Waals surface area (Å²) < 4.78 is 92.8. The molecule has 1 aliphatic heterocycles. The Bertz CT molecular complexity index is 1060. The number of fused-ring (bicyclic) bond motifs is 1. The van der Waals surface area contributed by atoms with Gasteiger partial charge in [-0.2, -0.15) is 22.0 Å². The van der Waals surface area contributed by atoms with Crippen LogP contribution in [0.25, 0.3) is 0 Å². The van der Waals surface area contributed by atoms with E-state index in [4.69, 9.17) is 0 Å². The zero-order chi connectivity index (χ0) is 20.2. The minimum Gasteiger partial charge on any atom is -0.252 e. The zero-order valence-corrected chi connectivity index (χ0v) is 14.9. The second-order valence-electron chi connectivity index (χ2n) is 6.03. The van der Waals surface area contributed by atoms with Crippen molar-refractivity contribution < 1.29 is 30.4 Å². The molecule has 0 radical (unpaired) electrons. The van der Waals surface area contributed by atoms with Gasteiger partial charge >= 0.3 is 12.1 Å². The number of benzene rings is 1.